The second kappa shape index (κ2) is 3.55. The number of benzene rings is 1. The highest BCUT2D eigenvalue weighted by Crippen LogP contribution is 2.08. The quantitative estimate of drug-likeness (QED) is 0.692. The Balaban J connectivity index is 2.36. The summed E-state index contributed by atoms with van der Waals surface area (Å²) >= 11 is 5.29. The monoisotopic (exact) mass is 208 g/mol. The van der Waals surface area contributed by atoms with E-state index in [2.05, 4.69) is 15.4 Å². The average Bonchev–Trinajstić information content (AvgIpc) is 2.71. The van der Waals surface area contributed by atoms with Crippen molar-refractivity contribution in [3.05, 3.63) is 36.2 Å². The zero-order valence-electron chi connectivity index (χ0n) is 6.96. The zero-order valence-corrected chi connectivity index (χ0v) is 7.72. The smallest absolute Gasteiger partial charge is 0.252 e. The maximum Gasteiger partial charge on any atom is 0.252 e. The molecule has 70 valence electrons. The summed E-state index contributed by atoms with van der Waals surface area (Å²) in [6.45, 7) is 0. The molecule has 6 heteroatoms. The van der Waals surface area contributed by atoms with Gasteiger partial charge in [-0.3, -0.25) is 4.79 Å². The Hall–Kier alpha value is -1.75. The number of halogens is 1. The van der Waals surface area contributed by atoms with Gasteiger partial charge in [0.25, 0.3) is 5.24 Å². The maximum atomic E-state index is 10.8. The summed E-state index contributed by atoms with van der Waals surface area (Å²) in [6.07, 6.45) is 1.33. The Labute approximate surface area is 84.3 Å². The summed E-state index contributed by atoms with van der Waals surface area (Å²) in [5.41, 5.74) is 1.17. The van der Waals surface area contributed by atoms with Crippen LogP contribution in [0.2, 0.25) is 0 Å². The second-order valence-corrected chi connectivity index (χ2v) is 2.89. The van der Waals surface area contributed by atoms with Crippen molar-refractivity contribution in [1.29, 1.82) is 0 Å². The van der Waals surface area contributed by atoms with Gasteiger partial charge in [-0.25, -0.2) is 0 Å². The summed E-state index contributed by atoms with van der Waals surface area (Å²) in [4.78, 5) is 12.1. The lowest BCUT2D eigenvalue weighted by Crippen LogP contribution is -1.99. The van der Waals surface area contributed by atoms with Gasteiger partial charge in [-0.2, -0.15) is 0 Å². The predicted molar refractivity (Wildman–Crippen MR) is 49.3 cm³/mol. The fourth-order valence-electron chi connectivity index (χ4n) is 1.01. The molecule has 0 unspecified atom stereocenters. The molecule has 14 heavy (non-hydrogen) atoms. The Morgan fingerprint density at radius 3 is 2.50 bits per heavy atom. The van der Waals surface area contributed by atoms with Gasteiger partial charge in [0, 0.05) is 5.56 Å². The van der Waals surface area contributed by atoms with Crippen molar-refractivity contribution >= 4 is 16.8 Å². The van der Waals surface area contributed by atoms with E-state index in [1.165, 1.54) is 11.1 Å². The van der Waals surface area contributed by atoms with Crippen LogP contribution in [-0.2, 0) is 0 Å². The Morgan fingerprint density at radius 2 is 2.00 bits per heavy atom. The first-order chi connectivity index (χ1) is 6.77. The lowest BCUT2D eigenvalue weighted by Gasteiger charge is -1.98. The van der Waals surface area contributed by atoms with Crippen molar-refractivity contribution in [1.82, 2.24) is 20.2 Å². The fraction of sp³-hybridized carbons (Fsp3) is 0. The third kappa shape index (κ3) is 1.62. The number of tetrazole rings is 1. The number of hydrogen-bond donors (Lipinski definition) is 0. The molecular weight excluding hydrogens is 204 g/mol. The first-order valence-electron chi connectivity index (χ1n) is 3.80. The molecule has 0 aliphatic rings. The van der Waals surface area contributed by atoms with Gasteiger partial charge in [-0.05, 0) is 41.1 Å². The molecule has 0 N–H and O–H groups in total. The highest BCUT2D eigenvalue weighted by atomic mass is 35.5. The number of aromatic nitrogens is 4. The molecule has 1 heterocycles. The Bertz CT molecular complexity index is 437. The van der Waals surface area contributed by atoms with Gasteiger partial charge in [0.05, 0.1) is 5.69 Å². The van der Waals surface area contributed by atoms with Crippen molar-refractivity contribution in [2.75, 3.05) is 0 Å². The van der Waals surface area contributed by atoms with Gasteiger partial charge >= 0.3 is 0 Å². The van der Waals surface area contributed by atoms with Crippen molar-refractivity contribution in [3.8, 4) is 5.69 Å². The minimum absolute atomic E-state index is 0.440. The van der Waals surface area contributed by atoms with Crippen LogP contribution in [0.4, 0.5) is 0 Å². The second-order valence-electron chi connectivity index (χ2n) is 2.55. The van der Waals surface area contributed by atoms with E-state index in [-0.39, 0.29) is 0 Å². The standard InChI is InChI=1S/C8H5ClN4O/c9-8(14)6-1-3-7(4-2-6)13-11-5-10-12-13/h1-5H. The molecule has 0 fully saturated rings. The van der Waals surface area contributed by atoms with Gasteiger partial charge in [-0.15, -0.1) is 15.0 Å². The van der Waals surface area contributed by atoms with Gasteiger partial charge in [0.15, 0.2) is 6.33 Å². The van der Waals surface area contributed by atoms with Crippen LogP contribution in [0.1, 0.15) is 10.4 Å². The van der Waals surface area contributed by atoms with E-state index in [0.29, 0.717) is 5.56 Å². The molecule has 0 saturated heterocycles. The van der Waals surface area contributed by atoms with Crippen molar-refractivity contribution in [3.63, 3.8) is 0 Å². The van der Waals surface area contributed by atoms with Gasteiger partial charge < -0.3 is 0 Å². The maximum absolute atomic E-state index is 10.8. The average molecular weight is 209 g/mol. The van der Waals surface area contributed by atoms with Crippen LogP contribution in [0.15, 0.2) is 30.6 Å². The van der Waals surface area contributed by atoms with E-state index in [4.69, 9.17) is 11.6 Å². The van der Waals surface area contributed by atoms with Crippen LogP contribution >= 0.6 is 11.6 Å². The highest BCUT2D eigenvalue weighted by Gasteiger charge is 2.02. The summed E-state index contributed by atoms with van der Waals surface area (Å²) in [6, 6.07) is 6.59. The van der Waals surface area contributed by atoms with Crippen LogP contribution in [0.25, 0.3) is 5.69 Å². The molecule has 1 aromatic carbocycles. The zero-order chi connectivity index (χ0) is 9.97. The molecule has 0 spiro atoms. The largest absolute Gasteiger partial charge is 0.276 e. The first-order valence-corrected chi connectivity index (χ1v) is 4.18. The molecule has 0 saturated carbocycles. The third-order valence-corrected chi connectivity index (χ3v) is 1.89. The lowest BCUT2D eigenvalue weighted by atomic mass is 10.2. The molecule has 0 aliphatic heterocycles. The molecule has 2 rings (SSSR count). The molecule has 2 aromatic rings. The third-order valence-electron chi connectivity index (χ3n) is 1.67. The minimum atomic E-state index is -0.483. The van der Waals surface area contributed by atoms with Gasteiger partial charge in [0.1, 0.15) is 0 Å². The molecule has 0 bridgehead atoms. The predicted octanol–water partition coefficient (Wildman–Crippen LogP) is 1.04. The van der Waals surface area contributed by atoms with Gasteiger partial charge in [0.2, 0.25) is 0 Å². The summed E-state index contributed by atoms with van der Waals surface area (Å²) in [5, 5.41) is 10.6. The van der Waals surface area contributed by atoms with Crippen molar-refractivity contribution < 1.29 is 4.79 Å². The van der Waals surface area contributed by atoms with Crippen LogP contribution in [0.5, 0.6) is 0 Å². The normalized spacial score (nSPS) is 10.1. The van der Waals surface area contributed by atoms with E-state index in [1.54, 1.807) is 24.3 Å². The van der Waals surface area contributed by atoms with E-state index >= 15 is 0 Å². The SMILES string of the molecule is O=C(Cl)c1ccc(-n2ncnn2)cc1. The summed E-state index contributed by atoms with van der Waals surface area (Å²) in [5.74, 6) is 0. The van der Waals surface area contributed by atoms with Crippen LogP contribution in [-0.4, -0.2) is 25.4 Å². The number of rotatable bonds is 2. The van der Waals surface area contributed by atoms with E-state index < -0.39 is 5.24 Å². The number of nitrogens with zero attached hydrogens (tertiary/aromatic N) is 4. The Kier molecular flexibility index (Phi) is 2.24. The van der Waals surface area contributed by atoms with Crippen molar-refractivity contribution in [2.24, 2.45) is 0 Å². The minimum Gasteiger partial charge on any atom is -0.276 e. The molecule has 1 aromatic heterocycles. The molecule has 0 amide bonds. The van der Waals surface area contributed by atoms with Crippen LogP contribution in [0.3, 0.4) is 0 Å². The fourth-order valence-corrected chi connectivity index (χ4v) is 1.14. The van der Waals surface area contributed by atoms with Crippen LogP contribution < -0.4 is 0 Å². The Morgan fingerprint density at radius 1 is 1.29 bits per heavy atom. The van der Waals surface area contributed by atoms with E-state index in [0.717, 1.165) is 5.69 Å². The molecule has 0 atom stereocenters. The molecule has 5 nitrogen and oxygen atoms in total. The van der Waals surface area contributed by atoms with E-state index in [1.807, 2.05) is 0 Å². The highest BCUT2D eigenvalue weighted by molar-refractivity contribution is 6.67. The number of carbonyl (C=O) groups is 1. The van der Waals surface area contributed by atoms with Crippen molar-refractivity contribution in [2.45, 2.75) is 0 Å². The first kappa shape index (κ1) is 8.83. The molecular formula is C8H5ClN4O. The number of carbonyl (C=O) groups excluding carboxylic acids is 1. The molecule has 0 aliphatic carbocycles. The lowest BCUT2D eigenvalue weighted by molar-refractivity contribution is 0.108. The van der Waals surface area contributed by atoms with E-state index in [9.17, 15) is 4.79 Å². The van der Waals surface area contributed by atoms with Crippen LogP contribution in [0, 0.1) is 0 Å². The topological polar surface area (TPSA) is 60.7 Å². The summed E-state index contributed by atoms with van der Waals surface area (Å²) < 4.78 is 0. The number of hydrogen-bond acceptors (Lipinski definition) is 4. The molecule has 0 radical (unpaired) electrons. The summed E-state index contributed by atoms with van der Waals surface area (Å²) in [7, 11) is 0. The van der Waals surface area contributed by atoms with Gasteiger partial charge in [-0.1, -0.05) is 0 Å².